The summed E-state index contributed by atoms with van der Waals surface area (Å²) in [6.07, 6.45) is 5.30. The van der Waals surface area contributed by atoms with E-state index in [9.17, 15) is 9.59 Å². The van der Waals surface area contributed by atoms with E-state index in [0.717, 1.165) is 12.4 Å². The number of carbonyl (C=O) groups is 2. The molecule has 0 aromatic heterocycles. The van der Waals surface area contributed by atoms with E-state index in [1.165, 1.54) is 39.2 Å². The third-order valence-electron chi connectivity index (χ3n) is 4.33. The van der Waals surface area contributed by atoms with Crippen molar-refractivity contribution in [1.82, 2.24) is 5.32 Å². The standard InChI is InChI=1S/C18H25NO5/c1-23-16(18(21)22)11-19-17(20)14-7-9-15(10-8-14)24-12-13-5-3-2-4-6-13/h7-10,13,16H,2-6,11-12H2,1H3,(H,19,20)(H,21,22). The lowest BCUT2D eigenvalue weighted by atomic mass is 9.90. The van der Waals surface area contributed by atoms with Gasteiger partial charge in [0.2, 0.25) is 0 Å². The summed E-state index contributed by atoms with van der Waals surface area (Å²) in [6, 6.07) is 6.88. The van der Waals surface area contributed by atoms with Gasteiger partial charge in [-0.2, -0.15) is 0 Å². The highest BCUT2D eigenvalue weighted by atomic mass is 16.5. The van der Waals surface area contributed by atoms with Crippen LogP contribution >= 0.6 is 0 Å². The van der Waals surface area contributed by atoms with E-state index >= 15 is 0 Å². The number of benzene rings is 1. The average molecular weight is 335 g/mol. The maximum Gasteiger partial charge on any atom is 0.334 e. The van der Waals surface area contributed by atoms with Gasteiger partial charge in [-0.25, -0.2) is 4.79 Å². The molecule has 132 valence electrons. The predicted octanol–water partition coefficient (Wildman–Crippen LogP) is 2.48. The SMILES string of the molecule is COC(CNC(=O)c1ccc(OCC2CCCCC2)cc1)C(=O)O. The van der Waals surface area contributed by atoms with Gasteiger partial charge in [-0.05, 0) is 43.0 Å². The quantitative estimate of drug-likeness (QED) is 0.762. The molecule has 0 heterocycles. The number of hydrogen-bond acceptors (Lipinski definition) is 4. The van der Waals surface area contributed by atoms with E-state index in [2.05, 4.69) is 5.32 Å². The second kappa shape index (κ2) is 9.27. The fourth-order valence-electron chi connectivity index (χ4n) is 2.83. The zero-order valence-electron chi connectivity index (χ0n) is 14.0. The van der Waals surface area contributed by atoms with Gasteiger partial charge in [0.15, 0.2) is 6.10 Å². The number of rotatable bonds is 8. The fourth-order valence-corrected chi connectivity index (χ4v) is 2.83. The summed E-state index contributed by atoms with van der Waals surface area (Å²) in [6.45, 7) is 0.643. The highest BCUT2D eigenvalue weighted by molar-refractivity contribution is 5.94. The van der Waals surface area contributed by atoms with Crippen LogP contribution in [0.25, 0.3) is 0 Å². The molecule has 1 atom stereocenters. The Labute approximate surface area is 142 Å². The van der Waals surface area contributed by atoms with Crippen LogP contribution < -0.4 is 10.1 Å². The molecule has 1 unspecified atom stereocenters. The fraction of sp³-hybridized carbons (Fsp3) is 0.556. The van der Waals surface area contributed by atoms with Crippen molar-refractivity contribution in [2.75, 3.05) is 20.3 Å². The number of methoxy groups -OCH3 is 1. The maximum atomic E-state index is 12.0. The van der Waals surface area contributed by atoms with Gasteiger partial charge in [-0.15, -0.1) is 0 Å². The molecule has 2 rings (SSSR count). The van der Waals surface area contributed by atoms with Gasteiger partial charge in [-0.1, -0.05) is 19.3 Å². The first-order chi connectivity index (χ1) is 11.6. The smallest absolute Gasteiger partial charge is 0.334 e. The van der Waals surface area contributed by atoms with Crippen LogP contribution in [-0.2, 0) is 9.53 Å². The third kappa shape index (κ3) is 5.53. The largest absolute Gasteiger partial charge is 0.493 e. The Bertz CT molecular complexity index is 537. The van der Waals surface area contributed by atoms with Gasteiger partial charge < -0.3 is 19.9 Å². The second-order valence-electron chi connectivity index (χ2n) is 6.11. The van der Waals surface area contributed by atoms with E-state index in [1.54, 1.807) is 24.3 Å². The van der Waals surface area contributed by atoms with Gasteiger partial charge in [0, 0.05) is 12.7 Å². The van der Waals surface area contributed by atoms with E-state index < -0.39 is 12.1 Å². The summed E-state index contributed by atoms with van der Waals surface area (Å²) >= 11 is 0. The molecular weight excluding hydrogens is 310 g/mol. The van der Waals surface area contributed by atoms with Crippen LogP contribution in [0.5, 0.6) is 5.75 Å². The minimum Gasteiger partial charge on any atom is -0.493 e. The molecule has 0 spiro atoms. The highest BCUT2D eigenvalue weighted by Gasteiger charge is 2.18. The monoisotopic (exact) mass is 335 g/mol. The number of carboxylic acids is 1. The molecule has 1 aliphatic rings. The maximum absolute atomic E-state index is 12.0. The van der Waals surface area contributed by atoms with Gasteiger partial charge in [0.1, 0.15) is 5.75 Å². The van der Waals surface area contributed by atoms with Crippen LogP contribution in [0.15, 0.2) is 24.3 Å². The first kappa shape index (κ1) is 18.3. The number of nitrogens with one attached hydrogen (secondary N) is 1. The molecule has 2 N–H and O–H groups in total. The molecule has 1 saturated carbocycles. The van der Waals surface area contributed by atoms with Crippen molar-refractivity contribution in [1.29, 1.82) is 0 Å². The Balaban J connectivity index is 1.79. The summed E-state index contributed by atoms with van der Waals surface area (Å²) in [4.78, 5) is 22.8. The van der Waals surface area contributed by atoms with Gasteiger partial charge in [0.05, 0.1) is 13.2 Å². The average Bonchev–Trinajstić information content (AvgIpc) is 2.61. The first-order valence-electron chi connectivity index (χ1n) is 8.37. The summed E-state index contributed by atoms with van der Waals surface area (Å²) < 4.78 is 10.6. The molecule has 24 heavy (non-hydrogen) atoms. The lowest BCUT2D eigenvalue weighted by molar-refractivity contribution is -0.148. The Hall–Kier alpha value is -2.08. The molecule has 1 fully saturated rings. The summed E-state index contributed by atoms with van der Waals surface area (Å²) in [7, 11) is 1.30. The molecule has 0 bridgehead atoms. The predicted molar refractivity (Wildman–Crippen MR) is 89.3 cm³/mol. The summed E-state index contributed by atoms with van der Waals surface area (Å²) in [5.74, 6) is -0.0671. The third-order valence-corrected chi connectivity index (χ3v) is 4.33. The molecule has 6 nitrogen and oxygen atoms in total. The second-order valence-corrected chi connectivity index (χ2v) is 6.11. The zero-order valence-corrected chi connectivity index (χ0v) is 14.0. The van der Waals surface area contributed by atoms with E-state index in [1.807, 2.05) is 0 Å². The Kier molecular flexibility index (Phi) is 7.06. The number of carboxylic acid groups (broad SMARTS) is 1. The zero-order chi connectivity index (χ0) is 17.4. The number of aliphatic carboxylic acids is 1. The molecule has 6 heteroatoms. The number of amides is 1. The van der Waals surface area contributed by atoms with Crippen LogP contribution in [0.2, 0.25) is 0 Å². The minimum absolute atomic E-state index is 0.0788. The number of ether oxygens (including phenoxy) is 2. The van der Waals surface area contributed by atoms with Crippen molar-refractivity contribution in [2.45, 2.75) is 38.2 Å². The van der Waals surface area contributed by atoms with Gasteiger partial charge in [0.25, 0.3) is 5.91 Å². The molecule has 0 radical (unpaired) electrons. The van der Waals surface area contributed by atoms with Crippen LogP contribution in [0, 0.1) is 5.92 Å². The number of carbonyl (C=O) groups excluding carboxylic acids is 1. The molecule has 1 aromatic rings. The van der Waals surface area contributed by atoms with Gasteiger partial charge >= 0.3 is 5.97 Å². The van der Waals surface area contributed by atoms with Crippen LogP contribution in [-0.4, -0.2) is 43.3 Å². The van der Waals surface area contributed by atoms with Crippen molar-refractivity contribution in [2.24, 2.45) is 5.92 Å². The van der Waals surface area contributed by atoms with Crippen molar-refractivity contribution < 1.29 is 24.2 Å². The van der Waals surface area contributed by atoms with E-state index in [4.69, 9.17) is 14.6 Å². The van der Waals surface area contributed by atoms with Crippen LogP contribution in [0.4, 0.5) is 0 Å². The number of hydrogen-bond donors (Lipinski definition) is 2. The summed E-state index contributed by atoms with van der Waals surface area (Å²) in [5.41, 5.74) is 0.459. The molecule has 0 aliphatic heterocycles. The Morgan fingerprint density at radius 3 is 2.46 bits per heavy atom. The molecular formula is C18H25NO5. The Morgan fingerprint density at radius 2 is 1.88 bits per heavy atom. The summed E-state index contributed by atoms with van der Waals surface area (Å²) in [5, 5.41) is 11.4. The van der Waals surface area contributed by atoms with Crippen LogP contribution in [0.3, 0.4) is 0 Å². The topological polar surface area (TPSA) is 84.9 Å². The van der Waals surface area contributed by atoms with Crippen molar-refractivity contribution in [3.05, 3.63) is 29.8 Å². The Morgan fingerprint density at radius 1 is 1.21 bits per heavy atom. The lowest BCUT2D eigenvalue weighted by Crippen LogP contribution is -2.37. The van der Waals surface area contributed by atoms with E-state index in [-0.39, 0.29) is 12.5 Å². The van der Waals surface area contributed by atoms with Crippen molar-refractivity contribution in [3.63, 3.8) is 0 Å². The normalized spacial score (nSPS) is 16.4. The first-order valence-corrected chi connectivity index (χ1v) is 8.37. The van der Waals surface area contributed by atoms with Crippen molar-refractivity contribution in [3.8, 4) is 5.75 Å². The molecule has 0 saturated heterocycles. The van der Waals surface area contributed by atoms with E-state index in [0.29, 0.717) is 11.5 Å². The van der Waals surface area contributed by atoms with Crippen molar-refractivity contribution >= 4 is 11.9 Å². The van der Waals surface area contributed by atoms with Gasteiger partial charge in [-0.3, -0.25) is 4.79 Å². The minimum atomic E-state index is -1.11. The molecule has 1 aromatic carbocycles. The molecule has 1 aliphatic carbocycles. The highest BCUT2D eigenvalue weighted by Crippen LogP contribution is 2.24. The molecule has 1 amide bonds. The lowest BCUT2D eigenvalue weighted by Gasteiger charge is -2.21. The van der Waals surface area contributed by atoms with Crippen LogP contribution in [0.1, 0.15) is 42.5 Å².